The highest BCUT2D eigenvalue weighted by atomic mass is 16.3. The third kappa shape index (κ3) is 2.26. The Morgan fingerprint density at radius 2 is 1.72 bits per heavy atom. The predicted molar refractivity (Wildman–Crippen MR) is 116 cm³/mol. The van der Waals surface area contributed by atoms with Gasteiger partial charge in [-0.05, 0) is 62.0 Å². The van der Waals surface area contributed by atoms with E-state index in [2.05, 4.69) is 9.97 Å². The highest BCUT2D eigenvalue weighted by Crippen LogP contribution is 2.41. The lowest BCUT2D eigenvalue weighted by Gasteiger charge is -2.06. The fraction of sp³-hybridized carbons (Fsp3) is 0.120. The average molecular weight is 387 g/mol. The first-order valence-corrected chi connectivity index (χ1v) is 8.93. The van der Waals surface area contributed by atoms with Crippen LogP contribution in [0.15, 0.2) is 63.6 Å². The number of benzene rings is 2. The highest BCUT2D eigenvalue weighted by molar-refractivity contribution is 6.22. The van der Waals surface area contributed by atoms with Gasteiger partial charge in [0.15, 0.2) is 5.58 Å². The lowest BCUT2D eigenvalue weighted by Crippen LogP contribution is -1.91. The van der Waals surface area contributed by atoms with Gasteiger partial charge < -0.3 is 8.83 Å². The van der Waals surface area contributed by atoms with Gasteiger partial charge >= 0.3 is 0 Å². The third-order valence-corrected chi connectivity index (χ3v) is 5.11. The maximum Gasteiger partial charge on any atom is 0.163 e. The van der Waals surface area contributed by atoms with Gasteiger partial charge in [-0.3, -0.25) is 4.98 Å². The minimum absolute atomic E-state index is 0.0435. The molecule has 140 valence electrons. The van der Waals surface area contributed by atoms with Crippen molar-refractivity contribution in [1.82, 2.24) is 9.97 Å². The molecule has 0 unspecified atom stereocenters. The molecule has 0 radical (unpaired) electrons. The van der Waals surface area contributed by atoms with Crippen molar-refractivity contribution in [3.63, 3.8) is 0 Å². The van der Waals surface area contributed by atoms with Gasteiger partial charge in [-0.15, -0.1) is 0 Å². The minimum atomic E-state index is -2.76. The summed E-state index contributed by atoms with van der Waals surface area (Å²) in [6, 6.07) is 13.5. The van der Waals surface area contributed by atoms with Gasteiger partial charge in [-0.2, -0.15) is 0 Å². The third-order valence-electron chi connectivity index (χ3n) is 5.11. The standard InChI is InChI=1S/C25H18N2O2/c1-13-10-19(26-12-14(13)2)18-11-15(3)27-23-22-21(29-25(18)23)9-8-17-16-6-4-5-7-20(16)28-24(17)22/h4-12H,1-3H3/i1D3,2D3,3D3. The van der Waals surface area contributed by atoms with E-state index >= 15 is 0 Å². The van der Waals surface area contributed by atoms with E-state index in [4.69, 9.17) is 21.2 Å². The Kier molecular flexibility index (Phi) is 1.90. The second-order valence-corrected chi connectivity index (χ2v) is 6.86. The van der Waals surface area contributed by atoms with E-state index in [9.17, 15) is 0 Å². The first-order chi connectivity index (χ1) is 17.7. The zero-order valence-electron chi connectivity index (χ0n) is 23.9. The Hall–Kier alpha value is -3.66. The van der Waals surface area contributed by atoms with Crippen LogP contribution in [0, 0.1) is 20.6 Å². The Bertz CT molecular complexity index is 1890. The normalized spacial score (nSPS) is 17.9. The van der Waals surface area contributed by atoms with Crippen molar-refractivity contribution in [2.75, 3.05) is 0 Å². The molecule has 0 fully saturated rings. The monoisotopic (exact) mass is 387 g/mol. The second-order valence-electron chi connectivity index (χ2n) is 6.86. The van der Waals surface area contributed by atoms with E-state index in [-0.39, 0.29) is 28.1 Å². The summed E-state index contributed by atoms with van der Waals surface area (Å²) < 4.78 is 83.2. The van der Waals surface area contributed by atoms with Gasteiger partial charge in [-0.25, -0.2) is 4.98 Å². The number of nitrogens with zero attached hydrogens (tertiary/aromatic N) is 2. The molecule has 0 aliphatic carbocycles. The fourth-order valence-electron chi connectivity index (χ4n) is 3.79. The maximum absolute atomic E-state index is 8.01. The zero-order valence-corrected chi connectivity index (χ0v) is 14.9. The van der Waals surface area contributed by atoms with Crippen LogP contribution in [0.2, 0.25) is 0 Å². The van der Waals surface area contributed by atoms with Crippen molar-refractivity contribution >= 4 is 44.0 Å². The molecule has 4 heteroatoms. The molecule has 6 aromatic rings. The summed E-state index contributed by atoms with van der Waals surface area (Å²) in [5.41, 5.74) is 1.03. The van der Waals surface area contributed by atoms with E-state index in [1.807, 2.05) is 30.3 Å². The summed E-state index contributed by atoms with van der Waals surface area (Å²) in [7, 11) is 0. The largest absolute Gasteiger partial charge is 0.455 e. The molecule has 4 nitrogen and oxygen atoms in total. The quantitative estimate of drug-likeness (QED) is 0.309. The summed E-state index contributed by atoms with van der Waals surface area (Å²) in [6.45, 7) is -8.08. The molecule has 6 rings (SSSR count). The van der Waals surface area contributed by atoms with Crippen LogP contribution in [0.1, 0.15) is 29.2 Å². The van der Waals surface area contributed by atoms with E-state index in [0.29, 0.717) is 22.1 Å². The van der Waals surface area contributed by atoms with Gasteiger partial charge in [0, 0.05) is 40.6 Å². The molecule has 4 heterocycles. The Labute approximate surface area is 179 Å². The van der Waals surface area contributed by atoms with Crippen molar-refractivity contribution in [3.8, 4) is 11.3 Å². The summed E-state index contributed by atoms with van der Waals surface area (Å²) >= 11 is 0. The highest BCUT2D eigenvalue weighted by Gasteiger charge is 2.20. The van der Waals surface area contributed by atoms with Crippen molar-refractivity contribution in [2.45, 2.75) is 20.6 Å². The molecule has 0 bridgehead atoms. The summed E-state index contributed by atoms with van der Waals surface area (Å²) in [5.74, 6) is 0. The number of fused-ring (bicyclic) bond motifs is 7. The Morgan fingerprint density at radius 1 is 0.828 bits per heavy atom. The smallest absolute Gasteiger partial charge is 0.163 e. The van der Waals surface area contributed by atoms with Gasteiger partial charge in [0.1, 0.15) is 22.3 Å². The molecular weight excluding hydrogens is 360 g/mol. The number of hydrogen-bond donors (Lipinski definition) is 0. The minimum Gasteiger partial charge on any atom is -0.455 e. The lowest BCUT2D eigenvalue weighted by atomic mass is 10.0. The first kappa shape index (κ1) is 9.70. The van der Waals surface area contributed by atoms with Crippen LogP contribution in [-0.2, 0) is 0 Å². The lowest BCUT2D eigenvalue weighted by molar-refractivity contribution is 0.663. The molecule has 0 aliphatic heterocycles. The van der Waals surface area contributed by atoms with Gasteiger partial charge in [0.2, 0.25) is 0 Å². The van der Waals surface area contributed by atoms with Gasteiger partial charge in [-0.1, -0.05) is 18.2 Å². The van der Waals surface area contributed by atoms with E-state index in [1.54, 1.807) is 6.07 Å². The predicted octanol–water partition coefficient (Wildman–Crippen LogP) is 6.87. The molecule has 0 atom stereocenters. The topological polar surface area (TPSA) is 52.1 Å². The molecule has 0 spiro atoms. The molecule has 0 saturated carbocycles. The maximum atomic E-state index is 8.01. The number of rotatable bonds is 1. The van der Waals surface area contributed by atoms with Crippen molar-refractivity contribution < 1.29 is 21.2 Å². The molecule has 0 saturated heterocycles. The van der Waals surface area contributed by atoms with Crippen LogP contribution in [-0.4, -0.2) is 9.97 Å². The zero-order chi connectivity index (χ0) is 27.2. The van der Waals surface area contributed by atoms with E-state index in [1.165, 1.54) is 6.07 Å². The SMILES string of the molecule is [2H]C([2H])([2H])c1cc(-c2cc(C([2H])([2H])[2H])c(C([2H])([2H])[2H])cn2)c2oc3ccc4c5ccccc5oc4c3c2n1. The number of pyridine rings is 2. The molecule has 0 aliphatic rings. The number of para-hydroxylation sites is 1. The number of furan rings is 2. The molecule has 0 amide bonds. The molecule has 4 aromatic heterocycles. The number of aryl methyl sites for hydroxylation is 3. The van der Waals surface area contributed by atoms with Gasteiger partial charge in [0.05, 0.1) is 11.1 Å². The van der Waals surface area contributed by atoms with Crippen LogP contribution in [0.5, 0.6) is 0 Å². The second kappa shape index (κ2) is 5.67. The van der Waals surface area contributed by atoms with Crippen LogP contribution < -0.4 is 0 Å². The van der Waals surface area contributed by atoms with Crippen LogP contribution >= 0.6 is 0 Å². The Morgan fingerprint density at radius 3 is 2.62 bits per heavy atom. The molecular formula is C25H18N2O2. The summed E-state index contributed by atoms with van der Waals surface area (Å²) in [4.78, 5) is 8.65. The van der Waals surface area contributed by atoms with Crippen molar-refractivity contribution in [2.24, 2.45) is 0 Å². The van der Waals surface area contributed by atoms with Crippen LogP contribution in [0.4, 0.5) is 0 Å². The summed E-state index contributed by atoms with van der Waals surface area (Å²) in [5, 5.41) is 2.13. The van der Waals surface area contributed by atoms with Crippen molar-refractivity contribution in [1.29, 1.82) is 0 Å². The van der Waals surface area contributed by atoms with Crippen LogP contribution in [0.25, 0.3) is 55.3 Å². The number of aromatic nitrogens is 2. The van der Waals surface area contributed by atoms with Crippen LogP contribution in [0.3, 0.4) is 0 Å². The van der Waals surface area contributed by atoms with Crippen molar-refractivity contribution in [3.05, 3.63) is 71.5 Å². The number of hydrogen-bond acceptors (Lipinski definition) is 4. The summed E-state index contributed by atoms with van der Waals surface area (Å²) in [6.07, 6.45) is 0.991. The molecule has 2 aromatic carbocycles. The van der Waals surface area contributed by atoms with E-state index < -0.39 is 31.7 Å². The fourth-order valence-corrected chi connectivity index (χ4v) is 3.79. The van der Waals surface area contributed by atoms with E-state index in [0.717, 1.165) is 23.0 Å². The average Bonchev–Trinajstić information content (AvgIpc) is 3.39. The molecule has 0 N–H and O–H groups in total. The molecule has 29 heavy (non-hydrogen) atoms. The Balaban J connectivity index is 1.73. The first-order valence-electron chi connectivity index (χ1n) is 13.4. The van der Waals surface area contributed by atoms with Gasteiger partial charge in [0.25, 0.3) is 0 Å².